The molecule has 0 spiro atoms. The fraction of sp³-hybridized carbons (Fsp3) is 0.538. The maximum absolute atomic E-state index is 11.6. The van der Waals surface area contributed by atoms with Crippen LogP contribution in [0.15, 0.2) is 18.2 Å². The Morgan fingerprint density at radius 1 is 1.37 bits per heavy atom. The van der Waals surface area contributed by atoms with E-state index in [1.165, 1.54) is 0 Å². The predicted molar refractivity (Wildman–Crippen MR) is 78.6 cm³/mol. The molecule has 0 saturated carbocycles. The van der Waals surface area contributed by atoms with Crippen molar-refractivity contribution in [3.05, 3.63) is 28.8 Å². The summed E-state index contributed by atoms with van der Waals surface area (Å²) in [6, 6.07) is 5.42. The van der Waals surface area contributed by atoms with E-state index >= 15 is 0 Å². The van der Waals surface area contributed by atoms with Crippen LogP contribution in [0, 0.1) is 0 Å². The lowest BCUT2D eigenvalue weighted by molar-refractivity contribution is 0.408. The zero-order valence-corrected chi connectivity index (χ0v) is 13.0. The molecule has 0 heterocycles. The average molecular weight is 306 g/mol. The Morgan fingerprint density at radius 3 is 2.63 bits per heavy atom. The number of methoxy groups -OCH3 is 1. The van der Waals surface area contributed by atoms with Crippen LogP contribution in [0.1, 0.15) is 19.4 Å². The van der Waals surface area contributed by atoms with E-state index in [4.69, 9.17) is 16.3 Å². The molecule has 4 nitrogen and oxygen atoms in total. The molecular weight excluding hydrogens is 286 g/mol. The van der Waals surface area contributed by atoms with Crippen molar-refractivity contribution in [2.45, 2.75) is 25.6 Å². The molecule has 0 radical (unpaired) electrons. The number of ether oxygens (including phenoxy) is 1. The summed E-state index contributed by atoms with van der Waals surface area (Å²) in [7, 11) is -1.42. The van der Waals surface area contributed by atoms with Gasteiger partial charge in [-0.25, -0.2) is 8.42 Å². The molecule has 0 atom stereocenters. The Morgan fingerprint density at radius 2 is 2.05 bits per heavy atom. The van der Waals surface area contributed by atoms with Gasteiger partial charge < -0.3 is 10.1 Å². The van der Waals surface area contributed by atoms with Gasteiger partial charge in [0.05, 0.1) is 18.1 Å². The SMILES string of the molecule is COc1cccc(Cl)c1CNCCS(=O)(=O)C(C)C. The highest BCUT2D eigenvalue weighted by Gasteiger charge is 2.15. The van der Waals surface area contributed by atoms with Gasteiger partial charge in [-0.2, -0.15) is 0 Å². The summed E-state index contributed by atoms with van der Waals surface area (Å²) in [6.45, 7) is 4.25. The standard InChI is InChI=1S/C13H20ClNO3S/c1-10(2)19(16,17)8-7-15-9-11-12(14)5-4-6-13(11)18-3/h4-6,10,15H,7-9H2,1-3H3. The van der Waals surface area contributed by atoms with Crippen molar-refractivity contribution in [2.24, 2.45) is 0 Å². The first-order chi connectivity index (χ1) is 8.88. The van der Waals surface area contributed by atoms with Crippen molar-refractivity contribution in [1.29, 1.82) is 0 Å². The quantitative estimate of drug-likeness (QED) is 0.785. The molecule has 0 unspecified atom stereocenters. The third-order valence-corrected chi connectivity index (χ3v) is 5.44. The second kappa shape index (κ2) is 7.12. The number of hydrogen-bond donors (Lipinski definition) is 1. The molecule has 0 fully saturated rings. The largest absolute Gasteiger partial charge is 0.496 e. The number of rotatable bonds is 7. The second-order valence-electron chi connectivity index (χ2n) is 4.51. The highest BCUT2D eigenvalue weighted by atomic mass is 35.5. The highest BCUT2D eigenvalue weighted by Crippen LogP contribution is 2.25. The lowest BCUT2D eigenvalue weighted by atomic mass is 10.2. The van der Waals surface area contributed by atoms with Gasteiger partial charge in [-0.15, -0.1) is 0 Å². The van der Waals surface area contributed by atoms with Crippen LogP contribution in [-0.4, -0.2) is 33.1 Å². The van der Waals surface area contributed by atoms with Gasteiger partial charge in [0.25, 0.3) is 0 Å². The van der Waals surface area contributed by atoms with E-state index in [0.29, 0.717) is 23.9 Å². The smallest absolute Gasteiger partial charge is 0.153 e. The van der Waals surface area contributed by atoms with Gasteiger partial charge >= 0.3 is 0 Å². The maximum Gasteiger partial charge on any atom is 0.153 e. The molecule has 1 rings (SSSR count). The molecule has 0 amide bonds. The Bertz CT molecular complexity index is 515. The summed E-state index contributed by atoms with van der Waals surface area (Å²) in [5, 5.41) is 3.35. The van der Waals surface area contributed by atoms with Crippen molar-refractivity contribution in [3.63, 3.8) is 0 Å². The zero-order chi connectivity index (χ0) is 14.5. The minimum absolute atomic E-state index is 0.122. The molecule has 0 saturated heterocycles. The van der Waals surface area contributed by atoms with Gasteiger partial charge in [0.15, 0.2) is 9.84 Å². The fourth-order valence-electron chi connectivity index (χ4n) is 1.57. The van der Waals surface area contributed by atoms with Crippen LogP contribution in [-0.2, 0) is 16.4 Å². The van der Waals surface area contributed by atoms with E-state index in [0.717, 1.165) is 5.56 Å². The number of nitrogens with one attached hydrogen (secondary N) is 1. The molecule has 1 aromatic rings. The highest BCUT2D eigenvalue weighted by molar-refractivity contribution is 7.92. The Hall–Kier alpha value is -0.780. The lowest BCUT2D eigenvalue weighted by Crippen LogP contribution is -2.27. The van der Waals surface area contributed by atoms with Crippen LogP contribution >= 0.6 is 11.6 Å². The number of sulfone groups is 1. The number of benzene rings is 1. The van der Waals surface area contributed by atoms with Crippen LogP contribution < -0.4 is 10.1 Å². The Kier molecular flexibility index (Phi) is 6.10. The predicted octanol–water partition coefficient (Wildman–Crippen LogP) is 2.26. The van der Waals surface area contributed by atoms with Crippen LogP contribution in [0.2, 0.25) is 5.02 Å². The van der Waals surface area contributed by atoms with E-state index < -0.39 is 9.84 Å². The average Bonchev–Trinajstić information content (AvgIpc) is 2.35. The molecule has 0 bridgehead atoms. The van der Waals surface area contributed by atoms with Crippen LogP contribution in [0.25, 0.3) is 0 Å². The van der Waals surface area contributed by atoms with Crippen LogP contribution in [0.4, 0.5) is 0 Å². The van der Waals surface area contributed by atoms with E-state index in [2.05, 4.69) is 5.32 Å². The van der Waals surface area contributed by atoms with Gasteiger partial charge in [-0.1, -0.05) is 17.7 Å². The topological polar surface area (TPSA) is 55.4 Å². The zero-order valence-electron chi connectivity index (χ0n) is 11.4. The molecule has 0 aliphatic carbocycles. The second-order valence-corrected chi connectivity index (χ2v) is 7.60. The van der Waals surface area contributed by atoms with Gasteiger partial charge in [-0.3, -0.25) is 0 Å². The summed E-state index contributed by atoms with van der Waals surface area (Å²) in [4.78, 5) is 0. The first kappa shape index (κ1) is 16.3. The minimum atomic E-state index is -3.01. The third-order valence-electron chi connectivity index (χ3n) is 2.88. The van der Waals surface area contributed by atoms with Gasteiger partial charge in [0, 0.05) is 23.7 Å². The first-order valence-electron chi connectivity index (χ1n) is 6.12. The lowest BCUT2D eigenvalue weighted by Gasteiger charge is -2.12. The van der Waals surface area contributed by atoms with E-state index in [1.807, 2.05) is 12.1 Å². The molecule has 19 heavy (non-hydrogen) atoms. The third kappa shape index (κ3) is 4.67. The van der Waals surface area contributed by atoms with E-state index in [1.54, 1.807) is 27.0 Å². The van der Waals surface area contributed by atoms with E-state index in [9.17, 15) is 8.42 Å². The minimum Gasteiger partial charge on any atom is -0.496 e. The summed E-state index contributed by atoms with van der Waals surface area (Å²) < 4.78 is 28.5. The molecule has 0 aromatic heterocycles. The molecule has 6 heteroatoms. The molecule has 1 aromatic carbocycles. The van der Waals surface area contributed by atoms with Crippen molar-refractivity contribution < 1.29 is 13.2 Å². The number of halogens is 1. The Labute approximate surface area is 120 Å². The van der Waals surface area contributed by atoms with Gasteiger partial charge in [0.1, 0.15) is 5.75 Å². The van der Waals surface area contributed by atoms with Crippen molar-refractivity contribution >= 4 is 21.4 Å². The summed E-state index contributed by atoms with van der Waals surface area (Å²) in [6.07, 6.45) is 0. The normalized spacial score (nSPS) is 11.8. The molecular formula is C13H20ClNO3S. The van der Waals surface area contributed by atoms with Crippen LogP contribution in [0.3, 0.4) is 0 Å². The van der Waals surface area contributed by atoms with Crippen molar-refractivity contribution in [3.8, 4) is 5.75 Å². The fourth-order valence-corrected chi connectivity index (χ4v) is 2.70. The van der Waals surface area contributed by atoms with Crippen molar-refractivity contribution in [1.82, 2.24) is 5.32 Å². The molecule has 0 aliphatic rings. The summed E-state index contributed by atoms with van der Waals surface area (Å²) in [5.41, 5.74) is 0.841. The monoisotopic (exact) mass is 305 g/mol. The summed E-state index contributed by atoms with van der Waals surface area (Å²) >= 11 is 6.09. The van der Waals surface area contributed by atoms with Gasteiger partial charge in [-0.05, 0) is 26.0 Å². The Balaban J connectivity index is 2.55. The van der Waals surface area contributed by atoms with E-state index in [-0.39, 0.29) is 11.0 Å². The molecule has 1 N–H and O–H groups in total. The maximum atomic E-state index is 11.6. The van der Waals surface area contributed by atoms with Gasteiger partial charge in [0.2, 0.25) is 0 Å². The number of hydrogen-bond acceptors (Lipinski definition) is 4. The summed E-state index contributed by atoms with van der Waals surface area (Å²) in [5.74, 6) is 0.823. The molecule has 108 valence electrons. The first-order valence-corrected chi connectivity index (χ1v) is 8.21. The van der Waals surface area contributed by atoms with Crippen molar-refractivity contribution in [2.75, 3.05) is 19.4 Å². The van der Waals surface area contributed by atoms with Crippen LogP contribution in [0.5, 0.6) is 5.75 Å². The molecule has 0 aliphatic heterocycles.